The number of piperidine rings is 1. The summed E-state index contributed by atoms with van der Waals surface area (Å²) in [6.07, 6.45) is 7.78. The number of aryl methyl sites for hydroxylation is 1. The maximum absolute atomic E-state index is 4.74. The van der Waals surface area contributed by atoms with E-state index in [1.54, 1.807) is 0 Å². The largest absolute Gasteiger partial charge is 0.342 e. The molecule has 1 atom stereocenters. The van der Waals surface area contributed by atoms with Crippen molar-refractivity contribution in [2.75, 3.05) is 13.1 Å². The van der Waals surface area contributed by atoms with Crippen molar-refractivity contribution in [2.24, 2.45) is 5.92 Å². The topological polar surface area (TPSA) is 49.7 Å². The summed E-state index contributed by atoms with van der Waals surface area (Å²) in [4.78, 5) is 10.8. The molecule has 0 amide bonds. The van der Waals surface area contributed by atoms with E-state index in [0.717, 1.165) is 42.9 Å². The zero-order chi connectivity index (χ0) is 16.4. The first-order chi connectivity index (χ1) is 11.8. The number of fused-ring (bicyclic) bond motifs is 1. The highest BCUT2D eigenvalue weighted by Gasteiger charge is 2.21. The Morgan fingerprint density at radius 1 is 1.29 bits per heavy atom. The van der Waals surface area contributed by atoms with Crippen molar-refractivity contribution in [3.8, 4) is 0 Å². The lowest BCUT2D eigenvalue weighted by Crippen LogP contribution is -2.35. The Balaban J connectivity index is 1.39. The average molecular weight is 323 g/mol. The number of nitrogens with zero attached hydrogens (tertiary/aromatic N) is 4. The van der Waals surface area contributed by atoms with E-state index in [2.05, 4.69) is 46.3 Å². The van der Waals surface area contributed by atoms with Gasteiger partial charge in [0.1, 0.15) is 5.82 Å². The molecule has 1 fully saturated rings. The van der Waals surface area contributed by atoms with E-state index in [1.807, 2.05) is 16.9 Å². The number of para-hydroxylation sites is 2. The van der Waals surface area contributed by atoms with Gasteiger partial charge in [-0.05, 0) is 44.4 Å². The van der Waals surface area contributed by atoms with Crippen LogP contribution in [-0.2, 0) is 19.5 Å². The van der Waals surface area contributed by atoms with E-state index in [-0.39, 0.29) is 0 Å². The van der Waals surface area contributed by atoms with Crippen molar-refractivity contribution < 1.29 is 0 Å². The third-order valence-corrected chi connectivity index (χ3v) is 4.94. The molecule has 0 bridgehead atoms. The minimum absolute atomic E-state index is 0.681. The van der Waals surface area contributed by atoms with Crippen LogP contribution in [0.3, 0.4) is 0 Å². The molecule has 1 aliphatic heterocycles. The first-order valence-electron chi connectivity index (χ1n) is 8.97. The van der Waals surface area contributed by atoms with Gasteiger partial charge in [-0.2, -0.15) is 5.10 Å². The number of aromatic nitrogens is 4. The maximum atomic E-state index is 4.74. The fourth-order valence-electron chi connectivity index (χ4n) is 3.76. The van der Waals surface area contributed by atoms with Crippen molar-refractivity contribution >= 4 is 11.0 Å². The number of H-pyrrole nitrogens is 1. The highest BCUT2D eigenvalue weighted by Crippen LogP contribution is 2.22. The molecule has 126 valence electrons. The van der Waals surface area contributed by atoms with Gasteiger partial charge in [-0.15, -0.1) is 0 Å². The Hall–Kier alpha value is -2.14. The van der Waals surface area contributed by atoms with Crippen LogP contribution in [0, 0.1) is 5.92 Å². The molecule has 0 radical (unpaired) electrons. The van der Waals surface area contributed by atoms with Gasteiger partial charge in [-0.25, -0.2) is 4.98 Å². The molecule has 1 aromatic carbocycles. The molecular weight excluding hydrogens is 298 g/mol. The Morgan fingerprint density at radius 2 is 2.21 bits per heavy atom. The minimum Gasteiger partial charge on any atom is -0.342 e. The van der Waals surface area contributed by atoms with Crippen LogP contribution in [0.25, 0.3) is 11.0 Å². The summed E-state index contributed by atoms with van der Waals surface area (Å²) >= 11 is 0. The molecule has 0 spiro atoms. The normalized spacial score (nSPS) is 19.1. The van der Waals surface area contributed by atoms with E-state index >= 15 is 0 Å². The zero-order valence-electron chi connectivity index (χ0n) is 14.3. The van der Waals surface area contributed by atoms with Gasteiger partial charge >= 0.3 is 0 Å². The Morgan fingerprint density at radius 3 is 3.04 bits per heavy atom. The lowest BCUT2D eigenvalue weighted by Gasteiger charge is -2.32. The Bertz CT molecular complexity index is 770. The number of rotatable bonds is 5. The smallest absolute Gasteiger partial charge is 0.107 e. The second kappa shape index (κ2) is 6.77. The molecule has 4 rings (SSSR count). The average Bonchev–Trinajstić information content (AvgIpc) is 3.21. The van der Waals surface area contributed by atoms with Gasteiger partial charge in [0, 0.05) is 37.8 Å². The van der Waals surface area contributed by atoms with E-state index in [4.69, 9.17) is 4.98 Å². The number of nitrogens with one attached hydrogen (secondary N) is 1. The zero-order valence-corrected chi connectivity index (χ0v) is 14.3. The predicted molar refractivity (Wildman–Crippen MR) is 95.7 cm³/mol. The SMILES string of the molecule is CCn1cc(CN2CCCC(Cc3nc4ccccc4[nH]3)C2)cn1. The number of imidazole rings is 1. The van der Waals surface area contributed by atoms with Crippen LogP contribution in [0.4, 0.5) is 0 Å². The summed E-state index contributed by atoms with van der Waals surface area (Å²) < 4.78 is 2.01. The Kier molecular flexibility index (Phi) is 4.34. The van der Waals surface area contributed by atoms with Crippen molar-refractivity contribution in [2.45, 2.75) is 39.3 Å². The third-order valence-electron chi connectivity index (χ3n) is 4.94. The van der Waals surface area contributed by atoms with Gasteiger partial charge in [-0.1, -0.05) is 12.1 Å². The third kappa shape index (κ3) is 3.36. The standard InChI is InChI=1S/C19H25N5/c1-2-24-14-16(11-20-24)13-23-9-5-6-15(12-23)10-19-21-17-7-3-4-8-18(17)22-19/h3-4,7-8,11,14-15H,2,5-6,9-10,12-13H2,1H3,(H,21,22). The number of aromatic amines is 1. The summed E-state index contributed by atoms with van der Waals surface area (Å²) in [6.45, 7) is 6.41. The lowest BCUT2D eigenvalue weighted by atomic mass is 9.94. The number of likely N-dealkylation sites (tertiary alicyclic amines) is 1. The van der Waals surface area contributed by atoms with E-state index < -0.39 is 0 Å². The molecule has 24 heavy (non-hydrogen) atoms. The van der Waals surface area contributed by atoms with E-state index in [1.165, 1.54) is 24.9 Å². The molecule has 5 nitrogen and oxygen atoms in total. The maximum Gasteiger partial charge on any atom is 0.107 e. The molecule has 0 saturated carbocycles. The van der Waals surface area contributed by atoms with Crippen molar-refractivity contribution in [1.29, 1.82) is 0 Å². The summed E-state index contributed by atoms with van der Waals surface area (Å²) in [5, 5.41) is 4.39. The highest BCUT2D eigenvalue weighted by atomic mass is 15.3. The summed E-state index contributed by atoms with van der Waals surface area (Å²) in [5.41, 5.74) is 3.54. The quantitative estimate of drug-likeness (QED) is 0.784. The first-order valence-corrected chi connectivity index (χ1v) is 8.97. The molecule has 1 saturated heterocycles. The van der Waals surface area contributed by atoms with Gasteiger partial charge in [0.2, 0.25) is 0 Å². The van der Waals surface area contributed by atoms with Crippen LogP contribution >= 0.6 is 0 Å². The predicted octanol–water partition coefficient (Wildman–Crippen LogP) is 3.23. The van der Waals surface area contributed by atoms with Crippen molar-refractivity contribution in [3.05, 3.63) is 48.0 Å². The van der Waals surface area contributed by atoms with Gasteiger partial charge in [0.05, 0.1) is 17.2 Å². The fraction of sp³-hybridized carbons (Fsp3) is 0.474. The highest BCUT2D eigenvalue weighted by molar-refractivity contribution is 5.74. The van der Waals surface area contributed by atoms with Crippen molar-refractivity contribution in [1.82, 2.24) is 24.6 Å². The lowest BCUT2D eigenvalue weighted by molar-refractivity contribution is 0.166. The van der Waals surface area contributed by atoms with Gasteiger partial charge in [0.25, 0.3) is 0 Å². The van der Waals surface area contributed by atoms with E-state index in [9.17, 15) is 0 Å². The Labute approximate surface area is 142 Å². The molecule has 1 unspecified atom stereocenters. The molecule has 1 aliphatic rings. The van der Waals surface area contributed by atoms with Crippen LogP contribution in [-0.4, -0.2) is 37.7 Å². The monoisotopic (exact) mass is 323 g/mol. The van der Waals surface area contributed by atoms with Gasteiger partial charge in [-0.3, -0.25) is 9.58 Å². The van der Waals surface area contributed by atoms with Crippen molar-refractivity contribution in [3.63, 3.8) is 0 Å². The van der Waals surface area contributed by atoms with Crippen LogP contribution < -0.4 is 0 Å². The molecule has 5 heteroatoms. The summed E-state index contributed by atoms with van der Waals surface area (Å²) in [7, 11) is 0. The molecule has 0 aliphatic carbocycles. The van der Waals surface area contributed by atoms with Crippen LogP contribution in [0.2, 0.25) is 0 Å². The van der Waals surface area contributed by atoms with Gasteiger partial charge in [0.15, 0.2) is 0 Å². The second-order valence-corrected chi connectivity index (χ2v) is 6.85. The molecule has 3 aromatic rings. The fourth-order valence-corrected chi connectivity index (χ4v) is 3.76. The minimum atomic E-state index is 0.681. The molecule has 1 N–H and O–H groups in total. The second-order valence-electron chi connectivity index (χ2n) is 6.85. The number of benzene rings is 1. The van der Waals surface area contributed by atoms with Gasteiger partial charge < -0.3 is 4.98 Å². The van der Waals surface area contributed by atoms with Crippen LogP contribution in [0.15, 0.2) is 36.7 Å². The molecule has 3 heterocycles. The van der Waals surface area contributed by atoms with E-state index in [0.29, 0.717) is 5.92 Å². The number of hydrogen-bond acceptors (Lipinski definition) is 3. The molecular formula is C19H25N5. The van der Waals surface area contributed by atoms with Crippen LogP contribution in [0.5, 0.6) is 0 Å². The summed E-state index contributed by atoms with van der Waals surface area (Å²) in [5.74, 6) is 1.81. The molecule has 2 aromatic heterocycles. The first kappa shape index (κ1) is 15.4. The summed E-state index contributed by atoms with van der Waals surface area (Å²) in [6, 6.07) is 8.28. The van der Waals surface area contributed by atoms with Crippen LogP contribution in [0.1, 0.15) is 31.2 Å². The number of hydrogen-bond donors (Lipinski definition) is 1.